The van der Waals surface area contributed by atoms with Gasteiger partial charge in [0.1, 0.15) is 0 Å². The molecule has 7 heavy (non-hydrogen) atoms. The van der Waals surface area contributed by atoms with Gasteiger partial charge in [0.2, 0.25) is 0 Å². The highest BCUT2D eigenvalue weighted by Gasteiger charge is 2.88. The zero-order valence-corrected chi connectivity index (χ0v) is 5.61. The van der Waals surface area contributed by atoms with E-state index >= 15 is 0 Å². The summed E-state index contributed by atoms with van der Waals surface area (Å²) < 4.78 is 0.757. The Morgan fingerprint density at radius 2 is 1.71 bits per heavy atom. The smallest absolute Gasteiger partial charge is 0.0355 e. The van der Waals surface area contributed by atoms with Crippen LogP contribution in [0.1, 0.15) is 12.8 Å². The van der Waals surface area contributed by atoms with Crippen molar-refractivity contribution in [2.24, 2.45) is 17.8 Å². The average Bonchev–Trinajstić information content (AvgIpc) is 2.38. The van der Waals surface area contributed by atoms with E-state index in [0.29, 0.717) is 0 Å². The second kappa shape index (κ2) is 0.637. The third-order valence-electron chi connectivity index (χ3n) is 3.08. The van der Waals surface area contributed by atoms with Gasteiger partial charge in [0.25, 0.3) is 0 Å². The predicted molar refractivity (Wildman–Crippen MR) is 31.4 cm³/mol. The third-order valence-corrected chi connectivity index (χ3v) is 4.79. The van der Waals surface area contributed by atoms with Crippen LogP contribution >= 0.6 is 15.9 Å². The minimum atomic E-state index is 0.757. The summed E-state index contributed by atoms with van der Waals surface area (Å²) in [6.07, 6.45) is 3.06. The molecule has 0 N–H and O–H groups in total. The monoisotopic (exact) mass is 158 g/mol. The molecular weight excluding hydrogens is 152 g/mol. The molecule has 0 amide bonds. The lowest BCUT2D eigenvalue weighted by Gasteiger charge is -1.92. The molecule has 1 heteroatoms. The van der Waals surface area contributed by atoms with Crippen molar-refractivity contribution in [2.75, 3.05) is 0 Å². The Morgan fingerprint density at radius 3 is 1.86 bits per heavy atom. The van der Waals surface area contributed by atoms with Crippen LogP contribution in [0, 0.1) is 17.8 Å². The molecule has 4 fully saturated rings. The fourth-order valence-electron chi connectivity index (χ4n) is 2.55. The largest absolute Gasteiger partial charge is 0.0844 e. The Labute approximate surface area is 51.4 Å². The second-order valence-corrected chi connectivity index (χ2v) is 4.52. The molecule has 0 spiro atoms. The normalized spacial score (nSPS) is 81.0. The molecule has 0 aromatic carbocycles. The summed E-state index contributed by atoms with van der Waals surface area (Å²) in [6, 6.07) is 0. The van der Waals surface area contributed by atoms with Crippen LogP contribution in [0.5, 0.6) is 0 Å². The molecule has 0 aromatic rings. The maximum atomic E-state index is 3.75. The average molecular weight is 159 g/mol. The third kappa shape index (κ3) is 0.172. The highest BCUT2D eigenvalue weighted by atomic mass is 79.9. The Hall–Kier alpha value is 0.480. The van der Waals surface area contributed by atoms with E-state index in [2.05, 4.69) is 15.9 Å². The first-order chi connectivity index (χ1) is 3.35. The molecular formula is C6H7Br. The lowest BCUT2D eigenvalue weighted by atomic mass is 10.2. The molecule has 2 atom stereocenters. The zero-order valence-electron chi connectivity index (χ0n) is 4.02. The standard InChI is InChI=1S/C6H7Br/c7-6-3-1-2-4(6)5(3)6/h3-5H,1-2H2. The first kappa shape index (κ1) is 3.49. The van der Waals surface area contributed by atoms with Gasteiger partial charge in [0.05, 0.1) is 0 Å². The number of halogens is 1. The van der Waals surface area contributed by atoms with Crippen LogP contribution in [0.25, 0.3) is 0 Å². The first-order valence-corrected chi connectivity index (χ1v) is 3.83. The maximum Gasteiger partial charge on any atom is 0.0355 e. The van der Waals surface area contributed by atoms with E-state index in [1.807, 2.05) is 0 Å². The molecule has 4 aliphatic rings. The first-order valence-electron chi connectivity index (χ1n) is 3.04. The van der Waals surface area contributed by atoms with E-state index in [9.17, 15) is 0 Å². The van der Waals surface area contributed by atoms with Gasteiger partial charge in [-0.3, -0.25) is 0 Å². The fraction of sp³-hybridized carbons (Fsp3) is 1.00. The Balaban J connectivity index is 2.17. The Bertz CT molecular complexity index is 120. The predicted octanol–water partition coefficient (Wildman–Crippen LogP) is 1.79. The summed E-state index contributed by atoms with van der Waals surface area (Å²) in [7, 11) is 0. The van der Waals surface area contributed by atoms with E-state index in [4.69, 9.17) is 0 Å². The van der Waals surface area contributed by atoms with Crippen LogP contribution in [-0.4, -0.2) is 4.32 Å². The van der Waals surface area contributed by atoms with E-state index in [1.165, 1.54) is 12.8 Å². The van der Waals surface area contributed by atoms with Gasteiger partial charge in [-0.1, -0.05) is 15.9 Å². The van der Waals surface area contributed by atoms with Crippen LogP contribution in [0.2, 0.25) is 0 Å². The van der Waals surface area contributed by atoms with Crippen molar-refractivity contribution >= 4 is 15.9 Å². The van der Waals surface area contributed by atoms with Crippen molar-refractivity contribution in [2.45, 2.75) is 17.2 Å². The molecule has 4 rings (SSSR count). The van der Waals surface area contributed by atoms with Crippen molar-refractivity contribution < 1.29 is 0 Å². The molecule has 0 nitrogen and oxygen atoms in total. The number of alkyl halides is 1. The van der Waals surface area contributed by atoms with Gasteiger partial charge >= 0.3 is 0 Å². The lowest BCUT2D eigenvalue weighted by Crippen LogP contribution is -1.92. The van der Waals surface area contributed by atoms with Gasteiger partial charge in [-0.2, -0.15) is 0 Å². The Morgan fingerprint density at radius 1 is 1.29 bits per heavy atom. The van der Waals surface area contributed by atoms with Crippen molar-refractivity contribution in [3.63, 3.8) is 0 Å². The Kier molecular flexibility index (Phi) is 0.318. The number of hydrogen-bond acceptors (Lipinski definition) is 0. The van der Waals surface area contributed by atoms with Crippen LogP contribution in [0.3, 0.4) is 0 Å². The summed E-state index contributed by atoms with van der Waals surface area (Å²) >= 11 is 3.75. The van der Waals surface area contributed by atoms with Gasteiger partial charge in [-0.25, -0.2) is 0 Å². The van der Waals surface area contributed by atoms with Crippen molar-refractivity contribution in [1.29, 1.82) is 0 Å². The van der Waals surface area contributed by atoms with Crippen molar-refractivity contribution in [1.82, 2.24) is 0 Å². The quantitative estimate of drug-likeness (QED) is 0.472. The molecule has 4 aliphatic carbocycles. The molecule has 2 unspecified atom stereocenters. The van der Waals surface area contributed by atoms with Gasteiger partial charge in [0, 0.05) is 4.32 Å². The van der Waals surface area contributed by atoms with Crippen LogP contribution < -0.4 is 0 Å². The molecule has 4 saturated carbocycles. The highest BCUT2D eigenvalue weighted by molar-refractivity contribution is 9.10. The fourth-order valence-corrected chi connectivity index (χ4v) is 3.95. The molecule has 0 saturated heterocycles. The topological polar surface area (TPSA) is 0 Å². The van der Waals surface area contributed by atoms with Gasteiger partial charge < -0.3 is 0 Å². The van der Waals surface area contributed by atoms with Gasteiger partial charge in [-0.15, -0.1) is 0 Å². The van der Waals surface area contributed by atoms with E-state index < -0.39 is 0 Å². The van der Waals surface area contributed by atoms with Gasteiger partial charge in [0.15, 0.2) is 0 Å². The van der Waals surface area contributed by atoms with Crippen LogP contribution in [0.15, 0.2) is 0 Å². The van der Waals surface area contributed by atoms with Crippen LogP contribution in [-0.2, 0) is 0 Å². The van der Waals surface area contributed by atoms with Crippen molar-refractivity contribution in [3.8, 4) is 0 Å². The minimum absolute atomic E-state index is 0.757. The van der Waals surface area contributed by atoms with Crippen LogP contribution in [0.4, 0.5) is 0 Å². The molecule has 0 radical (unpaired) electrons. The number of fused-ring (bicyclic) bond motifs is 1. The summed E-state index contributed by atoms with van der Waals surface area (Å²) in [4.78, 5) is 0. The summed E-state index contributed by atoms with van der Waals surface area (Å²) in [5, 5.41) is 0. The highest BCUT2D eigenvalue weighted by Crippen LogP contribution is 2.88. The molecule has 2 bridgehead atoms. The molecule has 0 heterocycles. The molecule has 0 aliphatic heterocycles. The molecule has 38 valence electrons. The minimum Gasteiger partial charge on any atom is -0.0844 e. The number of rotatable bonds is 0. The van der Waals surface area contributed by atoms with E-state index in [1.54, 1.807) is 0 Å². The van der Waals surface area contributed by atoms with Crippen molar-refractivity contribution in [3.05, 3.63) is 0 Å². The summed E-state index contributed by atoms with van der Waals surface area (Å²) in [5.41, 5.74) is 0. The SMILES string of the molecule is BrC12C3CCC1C32. The zero-order chi connectivity index (χ0) is 4.65. The summed E-state index contributed by atoms with van der Waals surface area (Å²) in [6.45, 7) is 0. The van der Waals surface area contributed by atoms with E-state index in [-0.39, 0.29) is 0 Å². The second-order valence-electron chi connectivity index (χ2n) is 3.14. The maximum absolute atomic E-state index is 3.75. The van der Waals surface area contributed by atoms with Gasteiger partial charge in [-0.05, 0) is 30.6 Å². The summed E-state index contributed by atoms with van der Waals surface area (Å²) in [5.74, 6) is 3.43. The lowest BCUT2D eigenvalue weighted by molar-refractivity contribution is 0.672. The number of hydrogen-bond donors (Lipinski definition) is 0. The van der Waals surface area contributed by atoms with E-state index in [0.717, 1.165) is 22.1 Å². The molecule has 0 aromatic heterocycles.